The SMILES string of the molecule is COc1ccnc(CCc2nc3ncc(-c4cccc(S(=O)(=O)N5CCN(C)CC5)c4)cc3[nH]2)c1. The fourth-order valence-corrected chi connectivity index (χ4v) is 5.67. The van der Waals surface area contributed by atoms with Crippen molar-refractivity contribution in [3.63, 3.8) is 0 Å². The van der Waals surface area contributed by atoms with Crippen LogP contribution < -0.4 is 4.74 Å². The average Bonchev–Trinajstić information content (AvgIpc) is 3.30. The topological polar surface area (TPSA) is 104 Å². The number of rotatable bonds is 7. The van der Waals surface area contributed by atoms with Gasteiger partial charge in [0.15, 0.2) is 5.65 Å². The molecule has 35 heavy (non-hydrogen) atoms. The molecule has 10 heteroatoms. The molecule has 0 saturated carbocycles. The van der Waals surface area contributed by atoms with Gasteiger partial charge in [-0.1, -0.05) is 12.1 Å². The molecule has 5 rings (SSSR count). The van der Waals surface area contributed by atoms with E-state index in [0.717, 1.165) is 53.4 Å². The minimum atomic E-state index is -3.54. The van der Waals surface area contributed by atoms with Gasteiger partial charge in [0.1, 0.15) is 11.6 Å². The Morgan fingerprint density at radius 3 is 2.63 bits per heavy atom. The first-order valence-electron chi connectivity index (χ1n) is 11.5. The molecule has 0 radical (unpaired) electrons. The van der Waals surface area contributed by atoms with Crippen LogP contribution in [0, 0.1) is 0 Å². The molecule has 1 aromatic carbocycles. The number of pyridine rings is 2. The fraction of sp³-hybridized carbons (Fsp3) is 0.320. The summed E-state index contributed by atoms with van der Waals surface area (Å²) in [5, 5.41) is 0. The molecule has 0 atom stereocenters. The number of sulfonamides is 1. The van der Waals surface area contributed by atoms with Gasteiger partial charge < -0.3 is 14.6 Å². The zero-order valence-electron chi connectivity index (χ0n) is 19.8. The smallest absolute Gasteiger partial charge is 0.243 e. The monoisotopic (exact) mass is 492 g/mol. The Labute approximate surface area is 204 Å². The summed E-state index contributed by atoms with van der Waals surface area (Å²) in [7, 11) is 0.100. The molecule has 0 bridgehead atoms. The van der Waals surface area contributed by atoms with Crippen molar-refractivity contribution in [2.24, 2.45) is 0 Å². The van der Waals surface area contributed by atoms with E-state index in [9.17, 15) is 8.42 Å². The van der Waals surface area contributed by atoms with E-state index in [1.54, 1.807) is 42.0 Å². The highest BCUT2D eigenvalue weighted by Crippen LogP contribution is 2.26. The minimum Gasteiger partial charge on any atom is -0.497 e. The molecule has 1 fully saturated rings. The van der Waals surface area contributed by atoms with Gasteiger partial charge in [0.2, 0.25) is 10.0 Å². The maximum Gasteiger partial charge on any atom is 0.243 e. The van der Waals surface area contributed by atoms with Gasteiger partial charge in [-0.2, -0.15) is 4.31 Å². The molecule has 1 saturated heterocycles. The van der Waals surface area contributed by atoms with Crippen LogP contribution >= 0.6 is 0 Å². The van der Waals surface area contributed by atoms with Crippen LogP contribution in [0.1, 0.15) is 11.5 Å². The number of nitrogens with zero attached hydrogens (tertiary/aromatic N) is 5. The number of aryl methyl sites for hydroxylation is 2. The number of ether oxygens (including phenoxy) is 1. The molecule has 0 aliphatic carbocycles. The lowest BCUT2D eigenvalue weighted by molar-refractivity contribution is 0.222. The third-order valence-electron chi connectivity index (χ3n) is 6.30. The number of piperazine rings is 1. The van der Waals surface area contributed by atoms with E-state index in [1.807, 2.05) is 31.3 Å². The molecule has 1 N–H and O–H groups in total. The fourth-order valence-electron chi connectivity index (χ4n) is 4.21. The number of aromatic amines is 1. The van der Waals surface area contributed by atoms with Crippen molar-refractivity contribution in [1.29, 1.82) is 0 Å². The second-order valence-corrected chi connectivity index (χ2v) is 10.6. The predicted octanol–water partition coefficient (Wildman–Crippen LogP) is 2.75. The first kappa shape index (κ1) is 23.4. The molecule has 9 nitrogen and oxygen atoms in total. The summed E-state index contributed by atoms with van der Waals surface area (Å²) in [5.74, 6) is 1.60. The molecular formula is C25H28N6O3S. The molecule has 3 aromatic heterocycles. The maximum atomic E-state index is 13.2. The Morgan fingerprint density at radius 2 is 1.83 bits per heavy atom. The summed E-state index contributed by atoms with van der Waals surface area (Å²) in [6.45, 7) is 2.46. The Hall–Kier alpha value is -3.34. The zero-order valence-corrected chi connectivity index (χ0v) is 20.6. The first-order valence-corrected chi connectivity index (χ1v) is 13.0. The Morgan fingerprint density at radius 1 is 1.00 bits per heavy atom. The van der Waals surface area contributed by atoms with Crippen LogP contribution in [0.25, 0.3) is 22.3 Å². The molecule has 0 spiro atoms. The quantitative estimate of drug-likeness (QED) is 0.423. The lowest BCUT2D eigenvalue weighted by Crippen LogP contribution is -2.47. The second kappa shape index (κ2) is 9.73. The Bertz CT molecular complexity index is 1440. The van der Waals surface area contributed by atoms with E-state index in [2.05, 4.69) is 24.8 Å². The zero-order chi connectivity index (χ0) is 24.4. The third-order valence-corrected chi connectivity index (χ3v) is 8.19. The maximum absolute atomic E-state index is 13.2. The van der Waals surface area contributed by atoms with Crippen LogP contribution in [0.5, 0.6) is 5.75 Å². The Kier molecular flexibility index (Phi) is 6.50. The number of H-pyrrole nitrogens is 1. The first-order chi connectivity index (χ1) is 16.9. The van der Waals surface area contributed by atoms with Crippen molar-refractivity contribution in [1.82, 2.24) is 29.1 Å². The molecule has 1 aliphatic heterocycles. The normalized spacial score (nSPS) is 15.5. The van der Waals surface area contributed by atoms with Gasteiger partial charge in [-0.15, -0.1) is 0 Å². The van der Waals surface area contributed by atoms with Crippen molar-refractivity contribution in [3.8, 4) is 16.9 Å². The molecule has 4 heterocycles. The lowest BCUT2D eigenvalue weighted by Gasteiger charge is -2.31. The lowest BCUT2D eigenvalue weighted by atomic mass is 10.1. The largest absolute Gasteiger partial charge is 0.497 e. The van der Waals surface area contributed by atoms with Crippen LogP contribution in [0.15, 0.2) is 59.8 Å². The summed E-state index contributed by atoms with van der Waals surface area (Å²) in [6, 6.07) is 12.8. The number of benzene rings is 1. The van der Waals surface area contributed by atoms with E-state index in [4.69, 9.17) is 4.74 Å². The highest BCUT2D eigenvalue weighted by atomic mass is 32.2. The number of likely N-dealkylation sites (N-methyl/N-ethyl adjacent to an activating group) is 1. The second-order valence-electron chi connectivity index (χ2n) is 8.70. The number of hydrogen-bond donors (Lipinski definition) is 1. The summed E-state index contributed by atoms with van der Waals surface area (Å²) in [5.41, 5.74) is 3.99. The molecular weight excluding hydrogens is 464 g/mol. The minimum absolute atomic E-state index is 0.302. The standard InChI is InChI=1S/C25H28N6O3S/c1-30-10-12-31(13-11-30)35(32,33)22-5-3-4-18(14-22)19-15-23-25(27-17-19)29-24(28-23)7-6-20-16-21(34-2)8-9-26-20/h3-5,8-9,14-17H,6-7,10-13H2,1-2H3,(H,27,28,29). The van der Waals surface area contributed by atoms with Gasteiger partial charge in [-0.3, -0.25) is 4.98 Å². The van der Waals surface area contributed by atoms with Crippen molar-refractivity contribution >= 4 is 21.2 Å². The van der Waals surface area contributed by atoms with E-state index < -0.39 is 10.0 Å². The van der Waals surface area contributed by atoms with Gasteiger partial charge in [0, 0.05) is 62.3 Å². The third kappa shape index (κ3) is 5.04. The van der Waals surface area contributed by atoms with Gasteiger partial charge in [0.05, 0.1) is 17.5 Å². The van der Waals surface area contributed by atoms with Crippen LogP contribution in [0.2, 0.25) is 0 Å². The van der Waals surface area contributed by atoms with Crippen molar-refractivity contribution in [2.75, 3.05) is 40.3 Å². The van der Waals surface area contributed by atoms with Crippen molar-refractivity contribution in [3.05, 3.63) is 66.4 Å². The molecule has 1 aliphatic rings. The number of fused-ring (bicyclic) bond motifs is 1. The van der Waals surface area contributed by atoms with E-state index in [-0.39, 0.29) is 0 Å². The number of aromatic nitrogens is 4. The van der Waals surface area contributed by atoms with Gasteiger partial charge in [-0.25, -0.2) is 18.4 Å². The average molecular weight is 493 g/mol. The summed E-state index contributed by atoms with van der Waals surface area (Å²) >= 11 is 0. The Balaban J connectivity index is 1.35. The summed E-state index contributed by atoms with van der Waals surface area (Å²) < 4.78 is 33.2. The molecule has 0 amide bonds. The predicted molar refractivity (Wildman–Crippen MR) is 134 cm³/mol. The number of hydrogen-bond acceptors (Lipinski definition) is 7. The van der Waals surface area contributed by atoms with E-state index in [1.165, 1.54) is 0 Å². The van der Waals surface area contributed by atoms with Crippen LogP contribution in [-0.2, 0) is 22.9 Å². The van der Waals surface area contributed by atoms with Crippen LogP contribution in [0.4, 0.5) is 0 Å². The molecule has 0 unspecified atom stereocenters. The number of methoxy groups -OCH3 is 1. The van der Waals surface area contributed by atoms with Crippen molar-refractivity contribution < 1.29 is 13.2 Å². The van der Waals surface area contributed by atoms with Crippen LogP contribution in [-0.4, -0.2) is 77.9 Å². The van der Waals surface area contributed by atoms with Gasteiger partial charge in [-0.05, 0) is 43.3 Å². The number of nitrogens with one attached hydrogen (secondary N) is 1. The van der Waals surface area contributed by atoms with E-state index in [0.29, 0.717) is 30.1 Å². The molecule has 4 aromatic rings. The highest BCUT2D eigenvalue weighted by Gasteiger charge is 2.27. The van der Waals surface area contributed by atoms with Crippen molar-refractivity contribution in [2.45, 2.75) is 17.7 Å². The molecule has 182 valence electrons. The summed E-state index contributed by atoms with van der Waals surface area (Å²) in [4.78, 5) is 19.3. The van der Waals surface area contributed by atoms with Gasteiger partial charge >= 0.3 is 0 Å². The van der Waals surface area contributed by atoms with Gasteiger partial charge in [0.25, 0.3) is 0 Å². The highest BCUT2D eigenvalue weighted by molar-refractivity contribution is 7.89. The van der Waals surface area contributed by atoms with Crippen LogP contribution in [0.3, 0.4) is 0 Å². The summed E-state index contributed by atoms with van der Waals surface area (Å²) in [6.07, 6.45) is 4.87. The number of imidazole rings is 1. The van der Waals surface area contributed by atoms with E-state index >= 15 is 0 Å².